The predicted octanol–water partition coefficient (Wildman–Crippen LogP) is 3.29. The summed E-state index contributed by atoms with van der Waals surface area (Å²) in [6.45, 7) is 5.94. The number of anilines is 1. The monoisotopic (exact) mass is 314 g/mol. The number of thiazole rings is 1. The summed E-state index contributed by atoms with van der Waals surface area (Å²) in [7, 11) is 0. The van der Waals surface area contributed by atoms with Crippen LogP contribution in [-0.4, -0.2) is 35.1 Å². The molecule has 1 aliphatic heterocycles. The molecule has 1 fully saturated rings. The van der Waals surface area contributed by atoms with Crippen LogP contribution in [0.15, 0.2) is 5.38 Å². The first-order valence-electron chi connectivity index (χ1n) is 7.01. The maximum absolute atomic E-state index is 12.0. The first-order chi connectivity index (χ1) is 9.54. The summed E-state index contributed by atoms with van der Waals surface area (Å²) in [6, 6.07) is 0.499. The molecule has 2 rings (SSSR count). The molecular weight excluding hydrogens is 292 g/mol. The largest absolute Gasteiger partial charge is 0.465 e. The van der Waals surface area contributed by atoms with Gasteiger partial charge in [-0.15, -0.1) is 11.3 Å². The first-order valence-corrected chi connectivity index (χ1v) is 9.05. The summed E-state index contributed by atoms with van der Waals surface area (Å²) in [5.41, 5.74) is 0.0974. The van der Waals surface area contributed by atoms with E-state index in [1.807, 2.05) is 37.9 Å². The maximum Gasteiger partial charge on any atom is 0.317 e. The van der Waals surface area contributed by atoms with Crippen molar-refractivity contribution in [1.82, 2.24) is 4.98 Å². The molecule has 1 aromatic rings. The quantitative estimate of drug-likeness (QED) is 0.845. The minimum absolute atomic E-state index is 0.218. The average Bonchev–Trinajstić information content (AvgIpc) is 2.89. The van der Waals surface area contributed by atoms with Gasteiger partial charge in [-0.1, -0.05) is 0 Å². The zero-order valence-corrected chi connectivity index (χ0v) is 13.9. The standard InChI is InChI=1S/C14H22N2O2S2/c1-4-18-12(17)14(2,3)11-9-20-13(16-11)15-10-6-5-7-19-8-10/h9-10H,4-8H2,1-3H3,(H,15,16). The number of ether oxygens (including phenoxy) is 1. The van der Waals surface area contributed by atoms with Crippen LogP contribution in [0.25, 0.3) is 0 Å². The van der Waals surface area contributed by atoms with E-state index in [0.29, 0.717) is 12.6 Å². The van der Waals surface area contributed by atoms with Gasteiger partial charge in [0.25, 0.3) is 0 Å². The van der Waals surface area contributed by atoms with Gasteiger partial charge >= 0.3 is 5.97 Å². The van der Waals surface area contributed by atoms with Crippen molar-refractivity contribution in [2.45, 2.75) is 45.1 Å². The van der Waals surface area contributed by atoms with Crippen LogP contribution in [0.5, 0.6) is 0 Å². The fraction of sp³-hybridized carbons (Fsp3) is 0.714. The molecule has 4 nitrogen and oxygen atoms in total. The summed E-state index contributed by atoms with van der Waals surface area (Å²) in [6.07, 6.45) is 2.46. The third kappa shape index (κ3) is 3.67. The van der Waals surface area contributed by atoms with Gasteiger partial charge in [0.05, 0.1) is 12.3 Å². The molecule has 0 amide bonds. The van der Waals surface area contributed by atoms with Crippen LogP contribution in [0.3, 0.4) is 0 Å². The Balaban J connectivity index is 2.02. The van der Waals surface area contributed by atoms with Crippen molar-refractivity contribution in [3.63, 3.8) is 0 Å². The number of thioether (sulfide) groups is 1. The molecule has 2 heterocycles. The smallest absolute Gasteiger partial charge is 0.317 e. The second-order valence-corrected chi connectivity index (χ2v) is 7.45. The van der Waals surface area contributed by atoms with Crippen LogP contribution in [-0.2, 0) is 14.9 Å². The van der Waals surface area contributed by atoms with E-state index in [1.165, 1.54) is 18.6 Å². The summed E-state index contributed by atoms with van der Waals surface area (Å²) in [5, 5.41) is 6.34. The van der Waals surface area contributed by atoms with Crippen LogP contribution in [0.1, 0.15) is 39.3 Å². The van der Waals surface area contributed by atoms with Gasteiger partial charge in [0.1, 0.15) is 5.41 Å². The van der Waals surface area contributed by atoms with Crippen LogP contribution < -0.4 is 5.32 Å². The van der Waals surface area contributed by atoms with Gasteiger partial charge in [-0.25, -0.2) is 4.98 Å². The molecule has 0 aliphatic carbocycles. The molecule has 0 aromatic carbocycles. The van der Waals surface area contributed by atoms with Crippen LogP contribution in [0.4, 0.5) is 5.13 Å². The van der Waals surface area contributed by atoms with E-state index in [1.54, 1.807) is 11.3 Å². The normalized spacial score (nSPS) is 19.6. The number of nitrogens with one attached hydrogen (secondary N) is 1. The highest BCUT2D eigenvalue weighted by Gasteiger charge is 2.34. The zero-order chi connectivity index (χ0) is 14.6. The Morgan fingerprint density at radius 3 is 3.05 bits per heavy atom. The Hall–Kier alpha value is -0.750. The Morgan fingerprint density at radius 2 is 2.40 bits per heavy atom. The summed E-state index contributed by atoms with van der Waals surface area (Å²) in [5.74, 6) is 2.18. The van der Waals surface area contributed by atoms with E-state index in [2.05, 4.69) is 10.3 Å². The minimum Gasteiger partial charge on any atom is -0.465 e. The molecule has 1 atom stereocenters. The lowest BCUT2D eigenvalue weighted by molar-refractivity contribution is -0.148. The molecule has 20 heavy (non-hydrogen) atoms. The number of nitrogens with zero attached hydrogens (tertiary/aromatic N) is 1. The highest BCUT2D eigenvalue weighted by atomic mass is 32.2. The fourth-order valence-electron chi connectivity index (χ4n) is 2.07. The van der Waals surface area contributed by atoms with Crippen molar-refractivity contribution in [3.05, 3.63) is 11.1 Å². The maximum atomic E-state index is 12.0. The molecule has 1 aliphatic rings. The fourth-order valence-corrected chi connectivity index (χ4v) is 4.10. The van der Waals surface area contributed by atoms with Crippen molar-refractivity contribution < 1.29 is 9.53 Å². The molecule has 1 N–H and O–H groups in total. The lowest BCUT2D eigenvalue weighted by atomic mass is 9.90. The molecule has 1 saturated heterocycles. The van der Waals surface area contributed by atoms with Crippen LogP contribution >= 0.6 is 23.1 Å². The van der Waals surface area contributed by atoms with Gasteiger partial charge in [0.15, 0.2) is 5.13 Å². The molecular formula is C14H22N2O2S2. The van der Waals surface area contributed by atoms with Gasteiger partial charge < -0.3 is 10.1 Å². The van der Waals surface area contributed by atoms with Crippen LogP contribution in [0, 0.1) is 0 Å². The molecule has 0 saturated carbocycles. The number of esters is 1. The second-order valence-electron chi connectivity index (χ2n) is 5.44. The lowest BCUT2D eigenvalue weighted by Crippen LogP contribution is -2.31. The van der Waals surface area contributed by atoms with E-state index >= 15 is 0 Å². The number of carbonyl (C=O) groups is 1. The summed E-state index contributed by atoms with van der Waals surface area (Å²) >= 11 is 3.55. The summed E-state index contributed by atoms with van der Waals surface area (Å²) in [4.78, 5) is 16.6. The lowest BCUT2D eigenvalue weighted by Gasteiger charge is -2.22. The predicted molar refractivity (Wildman–Crippen MR) is 85.7 cm³/mol. The highest BCUT2D eigenvalue weighted by Crippen LogP contribution is 2.29. The molecule has 0 spiro atoms. The number of aromatic nitrogens is 1. The van der Waals surface area contributed by atoms with Crippen LogP contribution in [0.2, 0.25) is 0 Å². The Bertz CT molecular complexity index is 454. The van der Waals surface area contributed by atoms with E-state index in [9.17, 15) is 4.79 Å². The van der Waals surface area contributed by atoms with Gasteiger partial charge in [0, 0.05) is 17.2 Å². The minimum atomic E-state index is -0.687. The number of hydrogen-bond donors (Lipinski definition) is 1. The average molecular weight is 314 g/mol. The zero-order valence-electron chi connectivity index (χ0n) is 12.3. The number of rotatable bonds is 5. The van der Waals surface area contributed by atoms with Gasteiger partial charge in [0.2, 0.25) is 0 Å². The molecule has 112 valence electrons. The van der Waals surface area contributed by atoms with Crippen molar-refractivity contribution in [1.29, 1.82) is 0 Å². The Morgan fingerprint density at radius 1 is 1.60 bits per heavy atom. The second kappa shape index (κ2) is 6.80. The topological polar surface area (TPSA) is 51.2 Å². The van der Waals surface area contributed by atoms with E-state index in [-0.39, 0.29) is 5.97 Å². The molecule has 1 unspecified atom stereocenters. The van der Waals surface area contributed by atoms with E-state index in [0.717, 1.165) is 16.6 Å². The molecule has 0 bridgehead atoms. The van der Waals surface area contributed by atoms with Crippen molar-refractivity contribution >= 4 is 34.2 Å². The SMILES string of the molecule is CCOC(=O)C(C)(C)c1csc(NC2CCCSC2)n1. The van der Waals surface area contributed by atoms with E-state index in [4.69, 9.17) is 4.74 Å². The molecule has 6 heteroatoms. The number of carbonyl (C=O) groups excluding carboxylic acids is 1. The van der Waals surface area contributed by atoms with Gasteiger partial charge in [-0.05, 0) is 39.4 Å². The Kier molecular flexibility index (Phi) is 5.32. The van der Waals surface area contributed by atoms with Crippen molar-refractivity contribution in [2.75, 3.05) is 23.4 Å². The van der Waals surface area contributed by atoms with Crippen molar-refractivity contribution in [2.24, 2.45) is 0 Å². The van der Waals surface area contributed by atoms with Gasteiger partial charge in [-0.3, -0.25) is 4.79 Å². The third-order valence-electron chi connectivity index (χ3n) is 3.42. The molecule has 1 aromatic heterocycles. The summed E-state index contributed by atoms with van der Waals surface area (Å²) < 4.78 is 5.12. The first kappa shape index (κ1) is 15.6. The highest BCUT2D eigenvalue weighted by molar-refractivity contribution is 7.99. The third-order valence-corrected chi connectivity index (χ3v) is 5.41. The van der Waals surface area contributed by atoms with Crippen molar-refractivity contribution in [3.8, 4) is 0 Å². The van der Waals surface area contributed by atoms with E-state index < -0.39 is 5.41 Å². The molecule has 0 radical (unpaired) electrons. The van der Waals surface area contributed by atoms with Gasteiger partial charge in [-0.2, -0.15) is 11.8 Å². The Labute approximate surface area is 128 Å². The number of hydrogen-bond acceptors (Lipinski definition) is 6.